The van der Waals surface area contributed by atoms with Crippen LogP contribution in [0.5, 0.6) is 0 Å². The molecule has 0 amide bonds. The Morgan fingerprint density at radius 3 is 2.67 bits per heavy atom. The maximum atomic E-state index is 5.59. The minimum absolute atomic E-state index is 0.534. The second-order valence-electron chi connectivity index (χ2n) is 4.09. The number of rotatable bonds is 6. The Bertz CT molecular complexity index is 284. The topological polar surface area (TPSA) is 21.3 Å². The van der Waals surface area contributed by atoms with Gasteiger partial charge >= 0.3 is 0 Å². The van der Waals surface area contributed by atoms with Crippen molar-refractivity contribution in [3.05, 3.63) is 35.4 Å². The van der Waals surface area contributed by atoms with Gasteiger partial charge in [-0.25, -0.2) is 0 Å². The van der Waals surface area contributed by atoms with Gasteiger partial charge in [-0.3, -0.25) is 0 Å². The molecule has 0 spiro atoms. The highest BCUT2D eigenvalue weighted by Gasteiger charge is 1.97. The summed E-state index contributed by atoms with van der Waals surface area (Å²) in [6.45, 7) is 8.80. The van der Waals surface area contributed by atoms with Crippen molar-refractivity contribution in [2.45, 2.75) is 33.4 Å². The molecule has 0 bridgehead atoms. The van der Waals surface area contributed by atoms with Crippen LogP contribution in [0.25, 0.3) is 0 Å². The molecule has 1 rings (SSSR count). The summed E-state index contributed by atoms with van der Waals surface area (Å²) in [5, 5.41) is 3.32. The highest BCUT2D eigenvalue weighted by atomic mass is 16.5. The van der Waals surface area contributed by atoms with Crippen LogP contribution in [0.4, 0.5) is 0 Å². The fraction of sp³-hybridized carbons (Fsp3) is 0.538. The quantitative estimate of drug-likeness (QED) is 0.724. The predicted octanol–water partition coefficient (Wildman–Crippen LogP) is 2.51. The standard InChI is InChI=1S/C13H21NO/c1-11(2)14-8-9-15-10-13-7-5-4-6-12(13)3/h4-7,11,14H,8-10H2,1-3H3. The minimum Gasteiger partial charge on any atom is -0.375 e. The predicted molar refractivity (Wildman–Crippen MR) is 64.0 cm³/mol. The molecule has 1 N–H and O–H groups in total. The van der Waals surface area contributed by atoms with Gasteiger partial charge in [0.2, 0.25) is 0 Å². The van der Waals surface area contributed by atoms with Gasteiger partial charge < -0.3 is 10.1 Å². The Labute approximate surface area is 92.6 Å². The second-order valence-corrected chi connectivity index (χ2v) is 4.09. The number of ether oxygens (including phenoxy) is 1. The summed E-state index contributed by atoms with van der Waals surface area (Å²) < 4.78 is 5.59. The molecule has 0 aromatic heterocycles. The van der Waals surface area contributed by atoms with Crippen LogP contribution >= 0.6 is 0 Å². The van der Waals surface area contributed by atoms with Gasteiger partial charge in [-0.15, -0.1) is 0 Å². The fourth-order valence-electron chi connectivity index (χ4n) is 1.37. The monoisotopic (exact) mass is 207 g/mol. The molecule has 0 aliphatic carbocycles. The molecule has 0 saturated heterocycles. The van der Waals surface area contributed by atoms with E-state index in [0.29, 0.717) is 12.6 Å². The lowest BCUT2D eigenvalue weighted by Gasteiger charge is -2.09. The van der Waals surface area contributed by atoms with Gasteiger partial charge in [0, 0.05) is 12.6 Å². The zero-order valence-corrected chi connectivity index (χ0v) is 9.92. The van der Waals surface area contributed by atoms with Crippen LogP contribution < -0.4 is 5.32 Å². The SMILES string of the molecule is Cc1ccccc1COCCNC(C)C. The number of benzene rings is 1. The van der Waals surface area contributed by atoms with Crippen molar-refractivity contribution in [2.24, 2.45) is 0 Å². The van der Waals surface area contributed by atoms with E-state index in [9.17, 15) is 0 Å². The van der Waals surface area contributed by atoms with E-state index in [1.807, 2.05) is 0 Å². The van der Waals surface area contributed by atoms with Crippen molar-refractivity contribution >= 4 is 0 Å². The lowest BCUT2D eigenvalue weighted by molar-refractivity contribution is 0.121. The number of nitrogens with one attached hydrogen (secondary N) is 1. The molecule has 1 aromatic rings. The maximum Gasteiger partial charge on any atom is 0.0720 e. The molecule has 0 heterocycles. The molecule has 0 atom stereocenters. The van der Waals surface area contributed by atoms with E-state index in [-0.39, 0.29) is 0 Å². The normalized spacial score (nSPS) is 10.9. The first-order valence-electron chi connectivity index (χ1n) is 5.56. The average molecular weight is 207 g/mol. The molecule has 0 aliphatic rings. The minimum atomic E-state index is 0.534. The van der Waals surface area contributed by atoms with E-state index in [1.165, 1.54) is 11.1 Å². The number of aryl methyl sites for hydroxylation is 1. The molecule has 1 aromatic carbocycles. The molecule has 0 saturated carbocycles. The molecular formula is C13H21NO. The Balaban J connectivity index is 2.18. The van der Waals surface area contributed by atoms with E-state index in [1.54, 1.807) is 0 Å². The average Bonchev–Trinajstić information content (AvgIpc) is 2.20. The smallest absolute Gasteiger partial charge is 0.0720 e. The highest BCUT2D eigenvalue weighted by Crippen LogP contribution is 2.07. The zero-order valence-electron chi connectivity index (χ0n) is 9.92. The van der Waals surface area contributed by atoms with Crippen LogP contribution in [0, 0.1) is 6.92 Å². The summed E-state index contributed by atoms with van der Waals surface area (Å²) in [6, 6.07) is 8.88. The van der Waals surface area contributed by atoms with Crippen LogP contribution in [0.1, 0.15) is 25.0 Å². The van der Waals surface area contributed by atoms with E-state index >= 15 is 0 Å². The Morgan fingerprint density at radius 2 is 2.00 bits per heavy atom. The molecule has 84 valence electrons. The van der Waals surface area contributed by atoms with E-state index in [0.717, 1.165) is 13.2 Å². The van der Waals surface area contributed by atoms with Crippen molar-refractivity contribution < 1.29 is 4.74 Å². The Kier molecular flexibility index (Phi) is 5.37. The largest absolute Gasteiger partial charge is 0.375 e. The van der Waals surface area contributed by atoms with Crippen LogP contribution in [0.2, 0.25) is 0 Å². The van der Waals surface area contributed by atoms with Gasteiger partial charge in [-0.1, -0.05) is 38.1 Å². The Morgan fingerprint density at radius 1 is 1.27 bits per heavy atom. The van der Waals surface area contributed by atoms with Gasteiger partial charge in [-0.05, 0) is 18.1 Å². The number of hydrogen-bond acceptors (Lipinski definition) is 2. The van der Waals surface area contributed by atoms with Crippen LogP contribution in [0.15, 0.2) is 24.3 Å². The third kappa shape index (κ3) is 4.96. The summed E-state index contributed by atoms with van der Waals surface area (Å²) >= 11 is 0. The Hall–Kier alpha value is -0.860. The van der Waals surface area contributed by atoms with Crippen LogP contribution in [-0.2, 0) is 11.3 Å². The molecule has 15 heavy (non-hydrogen) atoms. The molecular weight excluding hydrogens is 186 g/mol. The molecule has 2 nitrogen and oxygen atoms in total. The zero-order chi connectivity index (χ0) is 11.1. The van der Waals surface area contributed by atoms with Crippen molar-refractivity contribution in [3.63, 3.8) is 0 Å². The first-order valence-corrected chi connectivity index (χ1v) is 5.56. The van der Waals surface area contributed by atoms with Crippen molar-refractivity contribution in [2.75, 3.05) is 13.2 Å². The first-order chi connectivity index (χ1) is 7.20. The number of hydrogen-bond donors (Lipinski definition) is 1. The second kappa shape index (κ2) is 6.59. The lowest BCUT2D eigenvalue weighted by atomic mass is 10.1. The molecule has 0 radical (unpaired) electrons. The van der Waals surface area contributed by atoms with Gasteiger partial charge in [0.1, 0.15) is 0 Å². The van der Waals surface area contributed by atoms with E-state index in [2.05, 4.69) is 50.4 Å². The third-order valence-corrected chi connectivity index (χ3v) is 2.32. The van der Waals surface area contributed by atoms with Crippen molar-refractivity contribution in [1.82, 2.24) is 5.32 Å². The fourth-order valence-corrected chi connectivity index (χ4v) is 1.37. The summed E-state index contributed by atoms with van der Waals surface area (Å²) in [7, 11) is 0. The van der Waals surface area contributed by atoms with Crippen LogP contribution in [-0.4, -0.2) is 19.2 Å². The molecule has 0 unspecified atom stereocenters. The summed E-state index contributed by atoms with van der Waals surface area (Å²) in [6.07, 6.45) is 0. The van der Waals surface area contributed by atoms with Gasteiger partial charge in [0.25, 0.3) is 0 Å². The van der Waals surface area contributed by atoms with E-state index < -0.39 is 0 Å². The lowest BCUT2D eigenvalue weighted by Crippen LogP contribution is -2.26. The van der Waals surface area contributed by atoms with Crippen molar-refractivity contribution in [1.29, 1.82) is 0 Å². The van der Waals surface area contributed by atoms with Gasteiger partial charge in [-0.2, -0.15) is 0 Å². The molecule has 0 fully saturated rings. The molecule has 0 aliphatic heterocycles. The summed E-state index contributed by atoms with van der Waals surface area (Å²) in [4.78, 5) is 0. The summed E-state index contributed by atoms with van der Waals surface area (Å²) in [5.41, 5.74) is 2.58. The third-order valence-electron chi connectivity index (χ3n) is 2.32. The van der Waals surface area contributed by atoms with Gasteiger partial charge in [0.05, 0.1) is 13.2 Å². The van der Waals surface area contributed by atoms with Gasteiger partial charge in [0.15, 0.2) is 0 Å². The van der Waals surface area contributed by atoms with E-state index in [4.69, 9.17) is 4.74 Å². The van der Waals surface area contributed by atoms with Crippen molar-refractivity contribution in [3.8, 4) is 0 Å². The summed E-state index contributed by atoms with van der Waals surface area (Å²) in [5.74, 6) is 0. The highest BCUT2D eigenvalue weighted by molar-refractivity contribution is 5.24. The maximum absolute atomic E-state index is 5.59. The van der Waals surface area contributed by atoms with Crippen LogP contribution in [0.3, 0.4) is 0 Å². The molecule has 2 heteroatoms. The first kappa shape index (κ1) is 12.2.